The molecule has 0 amide bonds. The van der Waals surface area contributed by atoms with Crippen LogP contribution < -0.4 is 11.1 Å². The molecule has 1 saturated heterocycles. The molecule has 1 aliphatic rings. The van der Waals surface area contributed by atoms with Crippen LogP contribution in [0.2, 0.25) is 0 Å². The standard InChI is InChI=1S/C9H18N4/c1-11-9(10)3-2-6-13-7-4-12-5-8-13/h2-3,12H,4-8H2,1H3,(H2,10,11)/b3-2-. The van der Waals surface area contributed by atoms with Gasteiger partial charge in [-0.05, 0) is 6.08 Å². The van der Waals surface area contributed by atoms with Crippen LogP contribution in [-0.2, 0) is 0 Å². The van der Waals surface area contributed by atoms with Gasteiger partial charge in [-0.25, -0.2) is 0 Å². The van der Waals surface area contributed by atoms with Crippen molar-refractivity contribution in [3.8, 4) is 0 Å². The van der Waals surface area contributed by atoms with Crippen molar-refractivity contribution in [1.29, 1.82) is 0 Å². The first kappa shape index (κ1) is 10.2. The number of nitrogens with one attached hydrogen (secondary N) is 1. The molecule has 74 valence electrons. The average Bonchev–Trinajstić information content (AvgIpc) is 2.19. The van der Waals surface area contributed by atoms with E-state index in [2.05, 4.69) is 21.3 Å². The van der Waals surface area contributed by atoms with E-state index in [1.54, 1.807) is 7.05 Å². The molecule has 0 spiro atoms. The lowest BCUT2D eigenvalue weighted by atomic mass is 10.3. The van der Waals surface area contributed by atoms with E-state index in [9.17, 15) is 0 Å². The van der Waals surface area contributed by atoms with Crippen molar-refractivity contribution in [2.24, 2.45) is 10.7 Å². The Bertz CT molecular complexity index is 192. The van der Waals surface area contributed by atoms with E-state index in [0.29, 0.717) is 5.84 Å². The lowest BCUT2D eigenvalue weighted by Gasteiger charge is -2.25. The molecule has 0 bridgehead atoms. The molecule has 13 heavy (non-hydrogen) atoms. The number of hydrogen-bond acceptors (Lipinski definition) is 3. The van der Waals surface area contributed by atoms with Crippen molar-refractivity contribution in [2.75, 3.05) is 39.8 Å². The third-order valence-corrected chi connectivity index (χ3v) is 2.12. The second kappa shape index (κ2) is 5.72. The molecule has 4 heteroatoms. The Morgan fingerprint density at radius 1 is 1.54 bits per heavy atom. The summed E-state index contributed by atoms with van der Waals surface area (Å²) >= 11 is 0. The van der Waals surface area contributed by atoms with Gasteiger partial charge in [0.15, 0.2) is 0 Å². The Kier molecular flexibility index (Phi) is 4.49. The van der Waals surface area contributed by atoms with E-state index in [1.165, 1.54) is 0 Å². The van der Waals surface area contributed by atoms with E-state index < -0.39 is 0 Å². The van der Waals surface area contributed by atoms with E-state index in [1.807, 2.05) is 6.08 Å². The lowest BCUT2D eigenvalue weighted by molar-refractivity contribution is 0.265. The molecule has 0 saturated carbocycles. The third kappa shape index (κ3) is 4.05. The summed E-state index contributed by atoms with van der Waals surface area (Å²) in [5.74, 6) is 0.593. The molecular formula is C9H18N4. The van der Waals surface area contributed by atoms with Crippen LogP contribution >= 0.6 is 0 Å². The maximum Gasteiger partial charge on any atom is 0.117 e. The summed E-state index contributed by atoms with van der Waals surface area (Å²) in [6.45, 7) is 5.38. The van der Waals surface area contributed by atoms with Crippen LogP contribution in [0.4, 0.5) is 0 Å². The van der Waals surface area contributed by atoms with Crippen molar-refractivity contribution in [2.45, 2.75) is 0 Å². The third-order valence-electron chi connectivity index (χ3n) is 2.12. The minimum atomic E-state index is 0.593. The second-order valence-corrected chi connectivity index (χ2v) is 3.10. The van der Waals surface area contributed by atoms with Gasteiger partial charge in [-0.1, -0.05) is 6.08 Å². The van der Waals surface area contributed by atoms with Crippen molar-refractivity contribution < 1.29 is 0 Å². The number of aliphatic imine (C=N–C) groups is 1. The van der Waals surface area contributed by atoms with Crippen LogP contribution in [0.5, 0.6) is 0 Å². The summed E-state index contributed by atoms with van der Waals surface area (Å²) in [5, 5.41) is 3.31. The highest BCUT2D eigenvalue weighted by Crippen LogP contribution is 1.91. The largest absolute Gasteiger partial charge is 0.384 e. The van der Waals surface area contributed by atoms with Crippen molar-refractivity contribution >= 4 is 5.84 Å². The predicted octanol–water partition coefficient (Wildman–Crippen LogP) is -0.565. The van der Waals surface area contributed by atoms with Gasteiger partial charge in [-0.15, -0.1) is 0 Å². The van der Waals surface area contributed by atoms with E-state index in [-0.39, 0.29) is 0 Å². The van der Waals surface area contributed by atoms with Crippen LogP contribution in [0.25, 0.3) is 0 Å². The SMILES string of the molecule is CN=C(N)/C=C\CN1CCNCC1. The summed E-state index contributed by atoms with van der Waals surface area (Å²) in [6, 6.07) is 0. The van der Waals surface area contributed by atoms with E-state index >= 15 is 0 Å². The molecule has 0 atom stereocenters. The Hall–Kier alpha value is -0.870. The number of nitrogens with two attached hydrogens (primary N) is 1. The Morgan fingerprint density at radius 3 is 2.85 bits per heavy atom. The maximum absolute atomic E-state index is 5.52. The quantitative estimate of drug-likeness (QED) is 0.454. The molecule has 3 N–H and O–H groups in total. The van der Waals surface area contributed by atoms with Gasteiger partial charge in [0, 0.05) is 39.8 Å². The highest BCUT2D eigenvalue weighted by atomic mass is 15.2. The first-order valence-corrected chi connectivity index (χ1v) is 4.65. The van der Waals surface area contributed by atoms with E-state index in [4.69, 9.17) is 5.73 Å². The maximum atomic E-state index is 5.52. The van der Waals surface area contributed by atoms with Crippen LogP contribution in [0, 0.1) is 0 Å². The van der Waals surface area contributed by atoms with Crippen molar-refractivity contribution in [1.82, 2.24) is 10.2 Å². The van der Waals surface area contributed by atoms with Gasteiger partial charge >= 0.3 is 0 Å². The molecule has 1 heterocycles. The number of hydrogen-bond donors (Lipinski definition) is 2. The monoisotopic (exact) mass is 182 g/mol. The zero-order valence-corrected chi connectivity index (χ0v) is 8.16. The van der Waals surface area contributed by atoms with Crippen LogP contribution in [0.15, 0.2) is 17.1 Å². The van der Waals surface area contributed by atoms with Crippen LogP contribution in [0.1, 0.15) is 0 Å². The zero-order valence-electron chi connectivity index (χ0n) is 8.16. The fourth-order valence-electron chi connectivity index (χ4n) is 1.29. The van der Waals surface area contributed by atoms with Gasteiger partial charge in [0.25, 0.3) is 0 Å². The lowest BCUT2D eigenvalue weighted by Crippen LogP contribution is -2.43. The highest BCUT2D eigenvalue weighted by Gasteiger charge is 2.06. The minimum Gasteiger partial charge on any atom is -0.384 e. The Morgan fingerprint density at radius 2 is 2.23 bits per heavy atom. The normalized spacial score (nSPS) is 21.2. The molecule has 1 aliphatic heterocycles. The van der Waals surface area contributed by atoms with E-state index in [0.717, 1.165) is 32.7 Å². The summed E-state index contributed by atoms with van der Waals surface area (Å²) in [5.41, 5.74) is 5.52. The summed E-state index contributed by atoms with van der Waals surface area (Å²) < 4.78 is 0. The first-order chi connectivity index (χ1) is 6.33. The molecule has 0 aromatic carbocycles. The number of amidine groups is 1. The predicted molar refractivity (Wildman–Crippen MR) is 56.0 cm³/mol. The summed E-state index contributed by atoms with van der Waals surface area (Å²) in [4.78, 5) is 6.23. The van der Waals surface area contributed by atoms with Gasteiger partial charge in [0.2, 0.25) is 0 Å². The molecule has 0 aromatic heterocycles. The molecule has 1 fully saturated rings. The Balaban J connectivity index is 2.20. The van der Waals surface area contributed by atoms with Crippen LogP contribution in [0.3, 0.4) is 0 Å². The minimum absolute atomic E-state index is 0.593. The topological polar surface area (TPSA) is 53.6 Å². The smallest absolute Gasteiger partial charge is 0.117 e. The van der Waals surface area contributed by atoms with Crippen LogP contribution in [-0.4, -0.2) is 50.5 Å². The fourth-order valence-corrected chi connectivity index (χ4v) is 1.29. The highest BCUT2D eigenvalue weighted by molar-refractivity contribution is 5.91. The fraction of sp³-hybridized carbons (Fsp3) is 0.667. The van der Waals surface area contributed by atoms with Gasteiger partial charge in [0.05, 0.1) is 0 Å². The summed E-state index contributed by atoms with van der Waals surface area (Å²) in [7, 11) is 1.70. The first-order valence-electron chi connectivity index (χ1n) is 4.65. The number of nitrogens with zero attached hydrogens (tertiary/aromatic N) is 2. The van der Waals surface area contributed by atoms with Gasteiger partial charge in [0.1, 0.15) is 5.84 Å². The molecule has 0 aromatic rings. The second-order valence-electron chi connectivity index (χ2n) is 3.10. The van der Waals surface area contributed by atoms with Gasteiger partial charge < -0.3 is 11.1 Å². The van der Waals surface area contributed by atoms with Gasteiger partial charge in [-0.2, -0.15) is 0 Å². The van der Waals surface area contributed by atoms with Gasteiger partial charge in [-0.3, -0.25) is 9.89 Å². The molecule has 0 aliphatic carbocycles. The molecule has 0 unspecified atom stereocenters. The molecule has 1 rings (SSSR count). The van der Waals surface area contributed by atoms with Crippen molar-refractivity contribution in [3.63, 3.8) is 0 Å². The molecule has 4 nitrogen and oxygen atoms in total. The number of piperazine rings is 1. The average molecular weight is 182 g/mol. The number of rotatable bonds is 3. The molecular weight excluding hydrogens is 164 g/mol. The van der Waals surface area contributed by atoms with Crippen molar-refractivity contribution in [3.05, 3.63) is 12.2 Å². The summed E-state index contributed by atoms with van der Waals surface area (Å²) in [6.07, 6.45) is 3.93. The molecule has 0 radical (unpaired) electrons. The Labute approximate surface area is 79.5 Å². The zero-order chi connectivity index (χ0) is 9.52.